The Morgan fingerprint density at radius 1 is 1.06 bits per heavy atom. The molecular formula is C21H27N5O3S2. The predicted molar refractivity (Wildman–Crippen MR) is 124 cm³/mol. The lowest BCUT2D eigenvalue weighted by atomic mass is 10.1. The Hall–Kier alpha value is -2.30. The average Bonchev–Trinajstić information content (AvgIpc) is 2.81. The molecule has 0 aliphatic carbocycles. The number of thioether (sulfide) groups is 1. The molecule has 2 amide bonds. The van der Waals surface area contributed by atoms with Crippen LogP contribution in [0.5, 0.6) is 0 Å². The number of nitrogens with one attached hydrogen (secondary N) is 1. The number of anilines is 2. The number of amides is 2. The fourth-order valence-corrected chi connectivity index (χ4v) is 6.07. The zero-order valence-corrected chi connectivity index (χ0v) is 19.2. The highest BCUT2D eigenvalue weighted by molar-refractivity contribution is 7.99. The Bertz CT molecular complexity index is 1020. The monoisotopic (exact) mass is 461 g/mol. The number of piperazine rings is 1. The maximum Gasteiger partial charge on any atom is 0.321 e. The van der Waals surface area contributed by atoms with E-state index in [9.17, 15) is 13.2 Å². The predicted octanol–water partition coefficient (Wildman–Crippen LogP) is 2.48. The molecule has 2 aliphatic heterocycles. The molecule has 3 heterocycles. The van der Waals surface area contributed by atoms with Crippen LogP contribution in [0.4, 0.5) is 16.2 Å². The third-order valence-corrected chi connectivity index (χ3v) is 8.45. The zero-order chi connectivity index (χ0) is 21.8. The number of pyridine rings is 1. The summed E-state index contributed by atoms with van der Waals surface area (Å²) >= 11 is 1.98. The molecule has 1 N–H and O–H groups in total. The van der Waals surface area contributed by atoms with Crippen LogP contribution >= 0.6 is 11.8 Å². The first-order valence-electron chi connectivity index (χ1n) is 10.3. The standard InChI is InChI=1S/C21H27N5O3S2/c1-17-15-18(24-11-13-30-14-12-24)4-5-20(17)23-21(27)25-7-9-26(10-8-25)31(28,29)19-3-2-6-22-16-19/h2-6,15-16H,7-14H2,1H3,(H,23,27). The second-order valence-corrected chi connectivity index (χ2v) is 10.8. The van der Waals surface area contributed by atoms with Gasteiger partial charge < -0.3 is 15.1 Å². The lowest BCUT2D eigenvalue weighted by Crippen LogP contribution is -2.51. The third kappa shape index (κ3) is 4.97. The van der Waals surface area contributed by atoms with E-state index in [1.165, 1.54) is 22.3 Å². The normalized spacial score (nSPS) is 18.1. The van der Waals surface area contributed by atoms with Crippen LogP contribution < -0.4 is 10.2 Å². The number of aryl methyl sites for hydroxylation is 1. The van der Waals surface area contributed by atoms with E-state index < -0.39 is 10.0 Å². The van der Waals surface area contributed by atoms with Crippen LogP contribution in [0.2, 0.25) is 0 Å². The highest BCUT2D eigenvalue weighted by atomic mass is 32.2. The van der Waals surface area contributed by atoms with Gasteiger partial charge >= 0.3 is 6.03 Å². The number of aromatic nitrogens is 1. The van der Waals surface area contributed by atoms with Crippen LogP contribution in [0.3, 0.4) is 0 Å². The van der Waals surface area contributed by atoms with Crippen molar-refractivity contribution in [2.45, 2.75) is 11.8 Å². The van der Waals surface area contributed by atoms with E-state index in [0.29, 0.717) is 13.1 Å². The van der Waals surface area contributed by atoms with Crippen molar-refractivity contribution >= 4 is 39.2 Å². The number of sulfonamides is 1. The Morgan fingerprint density at radius 3 is 2.45 bits per heavy atom. The van der Waals surface area contributed by atoms with Crippen molar-refractivity contribution in [3.05, 3.63) is 48.3 Å². The van der Waals surface area contributed by atoms with Crippen molar-refractivity contribution < 1.29 is 13.2 Å². The number of carbonyl (C=O) groups excluding carboxylic acids is 1. The first-order valence-corrected chi connectivity index (χ1v) is 12.9. The summed E-state index contributed by atoms with van der Waals surface area (Å²) in [6, 6.07) is 9.06. The van der Waals surface area contributed by atoms with E-state index in [0.717, 1.165) is 35.8 Å². The molecule has 4 rings (SSSR count). The van der Waals surface area contributed by atoms with Gasteiger partial charge in [0, 0.05) is 74.5 Å². The van der Waals surface area contributed by atoms with Crippen LogP contribution in [-0.2, 0) is 10.0 Å². The average molecular weight is 462 g/mol. The summed E-state index contributed by atoms with van der Waals surface area (Å²) in [4.78, 5) is 20.9. The second-order valence-electron chi connectivity index (χ2n) is 7.61. The minimum absolute atomic E-state index is 0.177. The van der Waals surface area contributed by atoms with Crippen LogP contribution in [0, 0.1) is 6.92 Å². The van der Waals surface area contributed by atoms with Gasteiger partial charge in [-0.25, -0.2) is 13.2 Å². The van der Waals surface area contributed by atoms with Gasteiger partial charge in [0.05, 0.1) is 0 Å². The van der Waals surface area contributed by atoms with Crippen molar-refractivity contribution in [1.29, 1.82) is 0 Å². The number of urea groups is 1. The molecule has 2 aromatic rings. The topological polar surface area (TPSA) is 85.9 Å². The third-order valence-electron chi connectivity index (χ3n) is 5.63. The van der Waals surface area contributed by atoms with Gasteiger partial charge in [0.1, 0.15) is 4.90 Å². The second kappa shape index (κ2) is 9.46. The van der Waals surface area contributed by atoms with Gasteiger partial charge in [0.25, 0.3) is 0 Å². The molecule has 2 saturated heterocycles. The summed E-state index contributed by atoms with van der Waals surface area (Å²) in [5, 5.41) is 2.98. The number of hydrogen-bond acceptors (Lipinski definition) is 6. The van der Waals surface area contributed by atoms with Crippen molar-refractivity contribution in [2.75, 3.05) is 61.0 Å². The molecular weight excluding hydrogens is 434 g/mol. The molecule has 1 aromatic carbocycles. The summed E-state index contributed by atoms with van der Waals surface area (Å²) in [6.45, 7) is 5.28. The fourth-order valence-electron chi connectivity index (χ4n) is 3.78. The summed E-state index contributed by atoms with van der Waals surface area (Å²) in [7, 11) is -3.59. The highest BCUT2D eigenvalue weighted by Gasteiger charge is 2.30. The van der Waals surface area contributed by atoms with E-state index in [2.05, 4.69) is 27.3 Å². The number of rotatable bonds is 4. The van der Waals surface area contributed by atoms with Crippen molar-refractivity contribution in [3.63, 3.8) is 0 Å². The van der Waals surface area contributed by atoms with Crippen LogP contribution in [0.25, 0.3) is 0 Å². The van der Waals surface area contributed by atoms with Crippen LogP contribution in [0.15, 0.2) is 47.6 Å². The summed E-state index contributed by atoms with van der Waals surface area (Å²) in [5.41, 5.74) is 2.98. The van der Waals surface area contributed by atoms with Gasteiger partial charge in [-0.3, -0.25) is 4.98 Å². The molecule has 0 spiro atoms. The summed E-state index contributed by atoms with van der Waals surface area (Å²) in [6.07, 6.45) is 2.89. The van der Waals surface area contributed by atoms with Gasteiger partial charge in [-0.15, -0.1) is 0 Å². The molecule has 10 heteroatoms. The maximum atomic E-state index is 12.8. The molecule has 166 valence electrons. The molecule has 2 fully saturated rings. The van der Waals surface area contributed by atoms with Gasteiger partial charge in [-0.05, 0) is 42.8 Å². The molecule has 0 atom stereocenters. The molecule has 8 nitrogen and oxygen atoms in total. The van der Waals surface area contributed by atoms with E-state index >= 15 is 0 Å². The van der Waals surface area contributed by atoms with E-state index in [-0.39, 0.29) is 24.0 Å². The number of benzene rings is 1. The molecule has 0 unspecified atom stereocenters. The molecule has 1 aromatic heterocycles. The minimum atomic E-state index is -3.59. The van der Waals surface area contributed by atoms with E-state index in [1.54, 1.807) is 17.2 Å². The first kappa shape index (κ1) is 21.9. The Labute approximate surface area is 187 Å². The number of nitrogens with zero attached hydrogens (tertiary/aromatic N) is 4. The highest BCUT2D eigenvalue weighted by Crippen LogP contribution is 2.25. The largest absolute Gasteiger partial charge is 0.370 e. The van der Waals surface area contributed by atoms with Gasteiger partial charge in [-0.2, -0.15) is 16.1 Å². The van der Waals surface area contributed by atoms with E-state index in [4.69, 9.17) is 0 Å². The van der Waals surface area contributed by atoms with Crippen molar-refractivity contribution in [3.8, 4) is 0 Å². The van der Waals surface area contributed by atoms with Gasteiger partial charge in [-0.1, -0.05) is 0 Å². The zero-order valence-electron chi connectivity index (χ0n) is 17.5. The Balaban J connectivity index is 1.35. The lowest BCUT2D eigenvalue weighted by molar-refractivity contribution is 0.184. The first-order chi connectivity index (χ1) is 14.9. The maximum absolute atomic E-state index is 12.8. The SMILES string of the molecule is Cc1cc(N2CCSCC2)ccc1NC(=O)N1CCN(S(=O)(=O)c2cccnc2)CC1. The van der Waals surface area contributed by atoms with Gasteiger partial charge in [0.2, 0.25) is 10.0 Å². The molecule has 0 saturated carbocycles. The van der Waals surface area contributed by atoms with Gasteiger partial charge in [0.15, 0.2) is 0 Å². The number of carbonyl (C=O) groups is 1. The molecule has 2 aliphatic rings. The minimum Gasteiger partial charge on any atom is -0.370 e. The summed E-state index contributed by atoms with van der Waals surface area (Å²) < 4.78 is 26.9. The fraction of sp³-hybridized carbons (Fsp3) is 0.429. The van der Waals surface area contributed by atoms with E-state index in [1.807, 2.05) is 24.8 Å². The Kier molecular flexibility index (Phi) is 6.68. The molecule has 0 bridgehead atoms. The number of hydrogen-bond donors (Lipinski definition) is 1. The molecule has 31 heavy (non-hydrogen) atoms. The van der Waals surface area contributed by atoms with Crippen molar-refractivity contribution in [2.24, 2.45) is 0 Å². The van der Waals surface area contributed by atoms with Crippen molar-refractivity contribution in [1.82, 2.24) is 14.2 Å². The smallest absolute Gasteiger partial charge is 0.321 e. The summed E-state index contributed by atoms with van der Waals surface area (Å²) in [5.74, 6) is 2.28. The quantitative estimate of drug-likeness (QED) is 0.753. The molecule has 0 radical (unpaired) electrons. The van der Waals surface area contributed by atoms with Crippen LogP contribution in [0.1, 0.15) is 5.56 Å². The van der Waals surface area contributed by atoms with Crippen LogP contribution in [-0.4, -0.2) is 79.4 Å². The Morgan fingerprint density at radius 2 is 1.81 bits per heavy atom. The lowest BCUT2D eigenvalue weighted by Gasteiger charge is -2.34.